The first-order valence-electron chi connectivity index (χ1n) is 5.67. The third-order valence-electron chi connectivity index (χ3n) is 2.45. The molecule has 0 saturated carbocycles. The molecule has 0 spiro atoms. The molecule has 3 nitrogen and oxygen atoms in total. The Labute approximate surface area is 97.6 Å². The Kier molecular flexibility index (Phi) is 5.12. The number of hydrogen-bond acceptors (Lipinski definition) is 3. The van der Waals surface area contributed by atoms with Crippen molar-refractivity contribution < 1.29 is 9.47 Å². The van der Waals surface area contributed by atoms with Crippen LogP contribution < -0.4 is 15.2 Å². The molecule has 0 aromatic heterocycles. The minimum Gasteiger partial charge on any atom is -0.497 e. The minimum absolute atomic E-state index is 0.487. The van der Waals surface area contributed by atoms with Crippen molar-refractivity contribution in [3.63, 3.8) is 0 Å². The molecule has 0 fully saturated rings. The molecule has 0 atom stereocenters. The summed E-state index contributed by atoms with van der Waals surface area (Å²) in [6.07, 6.45) is 1.04. The molecule has 1 aromatic carbocycles. The van der Waals surface area contributed by atoms with Gasteiger partial charge in [-0.1, -0.05) is 19.9 Å². The van der Waals surface area contributed by atoms with E-state index in [2.05, 4.69) is 13.8 Å². The zero-order chi connectivity index (χ0) is 12.0. The molecular weight excluding hydrogens is 202 g/mol. The molecule has 0 saturated heterocycles. The van der Waals surface area contributed by atoms with Gasteiger partial charge in [0.1, 0.15) is 11.5 Å². The number of methoxy groups -OCH3 is 1. The van der Waals surface area contributed by atoms with Gasteiger partial charge in [-0.15, -0.1) is 0 Å². The molecule has 0 aliphatic heterocycles. The van der Waals surface area contributed by atoms with E-state index in [0.29, 0.717) is 12.5 Å². The minimum atomic E-state index is 0.487. The van der Waals surface area contributed by atoms with Crippen LogP contribution in [0.25, 0.3) is 0 Å². The van der Waals surface area contributed by atoms with E-state index in [0.717, 1.165) is 30.1 Å². The van der Waals surface area contributed by atoms with Crippen LogP contribution in [-0.2, 0) is 6.54 Å². The van der Waals surface area contributed by atoms with Crippen LogP contribution in [0, 0.1) is 5.92 Å². The normalized spacial score (nSPS) is 10.6. The third kappa shape index (κ3) is 3.74. The van der Waals surface area contributed by atoms with Crippen molar-refractivity contribution in [1.29, 1.82) is 0 Å². The van der Waals surface area contributed by atoms with Crippen LogP contribution in [0.5, 0.6) is 11.5 Å². The maximum Gasteiger partial charge on any atom is 0.127 e. The quantitative estimate of drug-likeness (QED) is 0.806. The van der Waals surface area contributed by atoms with Crippen molar-refractivity contribution in [1.82, 2.24) is 0 Å². The van der Waals surface area contributed by atoms with Crippen molar-refractivity contribution in [2.75, 3.05) is 13.7 Å². The van der Waals surface area contributed by atoms with Crippen LogP contribution in [-0.4, -0.2) is 13.7 Å². The van der Waals surface area contributed by atoms with Gasteiger partial charge in [-0.2, -0.15) is 0 Å². The lowest BCUT2D eigenvalue weighted by atomic mass is 10.1. The topological polar surface area (TPSA) is 44.5 Å². The monoisotopic (exact) mass is 223 g/mol. The van der Waals surface area contributed by atoms with E-state index in [1.165, 1.54) is 0 Å². The van der Waals surface area contributed by atoms with Gasteiger partial charge in [-0.05, 0) is 18.4 Å². The lowest BCUT2D eigenvalue weighted by molar-refractivity contribution is 0.285. The van der Waals surface area contributed by atoms with Crippen LogP contribution >= 0.6 is 0 Å². The standard InChI is InChI=1S/C13H21NO2/c1-10(2)6-7-16-13-8-12(15-3)5-4-11(13)9-14/h4-5,8,10H,6-7,9,14H2,1-3H3. The Balaban J connectivity index is 2.67. The van der Waals surface area contributed by atoms with Crippen molar-refractivity contribution in [3.05, 3.63) is 23.8 Å². The predicted molar refractivity (Wildman–Crippen MR) is 65.8 cm³/mol. The van der Waals surface area contributed by atoms with Gasteiger partial charge >= 0.3 is 0 Å². The van der Waals surface area contributed by atoms with Gasteiger partial charge in [0.2, 0.25) is 0 Å². The first kappa shape index (κ1) is 12.8. The van der Waals surface area contributed by atoms with Crippen LogP contribution in [0.1, 0.15) is 25.8 Å². The molecule has 3 heteroatoms. The second-order valence-electron chi connectivity index (χ2n) is 4.21. The van der Waals surface area contributed by atoms with Crippen molar-refractivity contribution in [2.45, 2.75) is 26.8 Å². The molecular formula is C13H21NO2. The van der Waals surface area contributed by atoms with Crippen molar-refractivity contribution in [2.24, 2.45) is 11.7 Å². The molecule has 0 unspecified atom stereocenters. The van der Waals surface area contributed by atoms with Crippen molar-refractivity contribution >= 4 is 0 Å². The van der Waals surface area contributed by atoms with E-state index in [1.54, 1.807) is 7.11 Å². The van der Waals surface area contributed by atoms with Gasteiger partial charge in [0.25, 0.3) is 0 Å². The van der Waals surface area contributed by atoms with Gasteiger partial charge < -0.3 is 15.2 Å². The second-order valence-corrected chi connectivity index (χ2v) is 4.21. The number of ether oxygens (including phenoxy) is 2. The Morgan fingerprint density at radius 3 is 2.62 bits per heavy atom. The van der Waals surface area contributed by atoms with E-state index in [-0.39, 0.29) is 0 Å². The average Bonchev–Trinajstić information content (AvgIpc) is 2.28. The molecule has 1 rings (SSSR count). The van der Waals surface area contributed by atoms with E-state index in [1.807, 2.05) is 18.2 Å². The molecule has 0 heterocycles. The molecule has 1 aromatic rings. The molecule has 0 amide bonds. The first-order chi connectivity index (χ1) is 7.67. The van der Waals surface area contributed by atoms with E-state index < -0.39 is 0 Å². The van der Waals surface area contributed by atoms with Crippen molar-refractivity contribution in [3.8, 4) is 11.5 Å². The van der Waals surface area contributed by atoms with Crippen LogP contribution in [0.15, 0.2) is 18.2 Å². The SMILES string of the molecule is COc1ccc(CN)c(OCCC(C)C)c1. The highest BCUT2D eigenvalue weighted by Crippen LogP contribution is 2.24. The predicted octanol–water partition coefficient (Wildman–Crippen LogP) is 2.58. The summed E-state index contributed by atoms with van der Waals surface area (Å²) in [4.78, 5) is 0. The summed E-state index contributed by atoms with van der Waals surface area (Å²) >= 11 is 0. The summed E-state index contributed by atoms with van der Waals surface area (Å²) in [6, 6.07) is 5.74. The molecule has 0 bridgehead atoms. The Bertz CT molecular complexity index is 324. The Hall–Kier alpha value is -1.22. The number of benzene rings is 1. The summed E-state index contributed by atoms with van der Waals surface area (Å²) in [6.45, 7) is 5.57. The van der Waals surface area contributed by atoms with Crippen LogP contribution in [0.4, 0.5) is 0 Å². The van der Waals surface area contributed by atoms with E-state index in [9.17, 15) is 0 Å². The number of hydrogen-bond donors (Lipinski definition) is 1. The molecule has 0 aliphatic rings. The Morgan fingerprint density at radius 2 is 2.06 bits per heavy atom. The maximum absolute atomic E-state index is 5.72. The fraction of sp³-hybridized carbons (Fsp3) is 0.538. The highest BCUT2D eigenvalue weighted by atomic mass is 16.5. The summed E-state index contributed by atoms with van der Waals surface area (Å²) in [5, 5.41) is 0. The Morgan fingerprint density at radius 1 is 1.31 bits per heavy atom. The lowest BCUT2D eigenvalue weighted by Gasteiger charge is -2.12. The largest absolute Gasteiger partial charge is 0.497 e. The lowest BCUT2D eigenvalue weighted by Crippen LogP contribution is -2.06. The molecule has 0 radical (unpaired) electrons. The molecule has 90 valence electrons. The van der Waals surface area contributed by atoms with Gasteiger partial charge in [-0.3, -0.25) is 0 Å². The fourth-order valence-corrected chi connectivity index (χ4v) is 1.37. The van der Waals surface area contributed by atoms with Gasteiger partial charge in [0.15, 0.2) is 0 Å². The summed E-state index contributed by atoms with van der Waals surface area (Å²) < 4.78 is 10.9. The summed E-state index contributed by atoms with van der Waals surface area (Å²) in [5.74, 6) is 2.28. The number of rotatable bonds is 6. The highest BCUT2D eigenvalue weighted by Gasteiger charge is 2.04. The summed E-state index contributed by atoms with van der Waals surface area (Å²) in [7, 11) is 1.65. The van der Waals surface area contributed by atoms with Gasteiger partial charge in [0, 0.05) is 18.2 Å². The molecule has 16 heavy (non-hydrogen) atoms. The second kappa shape index (κ2) is 6.38. The third-order valence-corrected chi connectivity index (χ3v) is 2.45. The highest BCUT2D eigenvalue weighted by molar-refractivity contribution is 5.40. The van der Waals surface area contributed by atoms with E-state index in [4.69, 9.17) is 15.2 Å². The van der Waals surface area contributed by atoms with Crippen LogP contribution in [0.3, 0.4) is 0 Å². The molecule has 0 aliphatic carbocycles. The summed E-state index contributed by atoms with van der Waals surface area (Å²) in [5.41, 5.74) is 6.67. The average molecular weight is 223 g/mol. The maximum atomic E-state index is 5.72. The van der Waals surface area contributed by atoms with Crippen LogP contribution in [0.2, 0.25) is 0 Å². The number of nitrogens with two attached hydrogens (primary N) is 1. The fourth-order valence-electron chi connectivity index (χ4n) is 1.37. The van der Waals surface area contributed by atoms with Gasteiger partial charge in [0.05, 0.1) is 13.7 Å². The zero-order valence-corrected chi connectivity index (χ0v) is 10.3. The zero-order valence-electron chi connectivity index (χ0n) is 10.3. The van der Waals surface area contributed by atoms with Gasteiger partial charge in [-0.25, -0.2) is 0 Å². The van der Waals surface area contributed by atoms with E-state index >= 15 is 0 Å². The molecule has 2 N–H and O–H groups in total. The smallest absolute Gasteiger partial charge is 0.127 e. The first-order valence-corrected chi connectivity index (χ1v) is 5.67.